The van der Waals surface area contributed by atoms with E-state index in [1.807, 2.05) is 43.3 Å². The molecule has 1 N–H and O–H groups in total. The van der Waals surface area contributed by atoms with Gasteiger partial charge in [0.15, 0.2) is 11.5 Å². The van der Waals surface area contributed by atoms with E-state index in [1.165, 1.54) is 12.1 Å². The number of allylic oxidation sites excluding steroid dienone is 2. The third kappa shape index (κ3) is 6.06. The quantitative estimate of drug-likeness (QED) is 0.199. The Morgan fingerprint density at radius 1 is 1.09 bits per heavy atom. The molecule has 0 aliphatic rings. The van der Waals surface area contributed by atoms with Crippen LogP contribution in [0.2, 0.25) is 5.02 Å². The molecule has 3 aromatic rings. The molecule has 3 rings (SSSR count). The Morgan fingerprint density at radius 3 is 2.41 bits per heavy atom. The Labute approximate surface area is 204 Å². The van der Waals surface area contributed by atoms with Gasteiger partial charge in [-0.05, 0) is 60.9 Å². The number of nitrogens with zero attached hydrogens (tertiary/aromatic N) is 1. The van der Waals surface area contributed by atoms with Crippen LogP contribution in [0.25, 0.3) is 11.6 Å². The molecule has 0 fully saturated rings. The van der Waals surface area contributed by atoms with Gasteiger partial charge in [0, 0.05) is 16.1 Å². The molecule has 6 heteroatoms. The molecular formula is C28H24ClNO4. The van der Waals surface area contributed by atoms with Crippen LogP contribution in [0.5, 0.6) is 11.5 Å². The second kappa shape index (κ2) is 11.7. The Morgan fingerprint density at radius 2 is 1.79 bits per heavy atom. The van der Waals surface area contributed by atoms with Gasteiger partial charge in [0.1, 0.15) is 6.61 Å². The Kier molecular flexibility index (Phi) is 8.50. The van der Waals surface area contributed by atoms with Gasteiger partial charge < -0.3 is 14.6 Å². The average Bonchev–Trinajstić information content (AvgIpc) is 2.83. The minimum Gasteiger partial charge on any atom is -0.490 e. The first-order valence-electron chi connectivity index (χ1n) is 10.7. The lowest BCUT2D eigenvalue weighted by atomic mass is 10.00. The van der Waals surface area contributed by atoms with Crippen molar-refractivity contribution in [2.24, 2.45) is 0 Å². The fraction of sp³-hybridized carbons (Fsp3) is 0.143. The Hall–Kier alpha value is -4.01. The summed E-state index contributed by atoms with van der Waals surface area (Å²) in [6.45, 7) is 6.45. The van der Waals surface area contributed by atoms with Crippen LogP contribution in [0, 0.1) is 11.3 Å². The van der Waals surface area contributed by atoms with Crippen LogP contribution in [0.1, 0.15) is 39.5 Å². The van der Waals surface area contributed by atoms with E-state index in [1.54, 1.807) is 24.3 Å². The summed E-state index contributed by atoms with van der Waals surface area (Å²) in [5.41, 5.74) is 3.65. The number of hydrogen-bond acceptors (Lipinski definition) is 4. The number of aromatic carboxylic acids is 1. The molecule has 34 heavy (non-hydrogen) atoms. The van der Waals surface area contributed by atoms with Crippen molar-refractivity contribution in [3.63, 3.8) is 0 Å². The molecule has 0 atom stereocenters. The summed E-state index contributed by atoms with van der Waals surface area (Å²) in [5.74, 6) is 0.138. The number of nitriles is 1. The number of benzene rings is 3. The fourth-order valence-electron chi connectivity index (χ4n) is 3.41. The number of halogens is 1. The van der Waals surface area contributed by atoms with Crippen molar-refractivity contribution in [1.29, 1.82) is 5.26 Å². The molecule has 0 heterocycles. The predicted octanol–water partition coefficient (Wildman–Crippen LogP) is 6.81. The number of carboxylic acids is 1. The van der Waals surface area contributed by atoms with Gasteiger partial charge in [-0.3, -0.25) is 0 Å². The highest BCUT2D eigenvalue weighted by Crippen LogP contribution is 2.36. The number of rotatable bonds is 10. The van der Waals surface area contributed by atoms with Gasteiger partial charge in [-0.15, -0.1) is 6.58 Å². The molecule has 0 radical (unpaired) electrons. The number of carbonyl (C=O) groups is 1. The molecule has 3 aromatic carbocycles. The van der Waals surface area contributed by atoms with Gasteiger partial charge >= 0.3 is 5.97 Å². The highest BCUT2D eigenvalue weighted by Gasteiger charge is 2.15. The van der Waals surface area contributed by atoms with Crippen LogP contribution in [-0.4, -0.2) is 17.7 Å². The maximum absolute atomic E-state index is 11.1. The van der Waals surface area contributed by atoms with Crippen LogP contribution in [0.15, 0.2) is 73.3 Å². The van der Waals surface area contributed by atoms with Crippen LogP contribution in [0.3, 0.4) is 0 Å². The smallest absolute Gasteiger partial charge is 0.335 e. The van der Waals surface area contributed by atoms with Crippen molar-refractivity contribution >= 4 is 29.2 Å². The predicted molar refractivity (Wildman–Crippen MR) is 134 cm³/mol. The van der Waals surface area contributed by atoms with E-state index in [9.17, 15) is 10.1 Å². The second-order valence-corrected chi connectivity index (χ2v) is 7.77. The molecule has 0 aliphatic carbocycles. The lowest BCUT2D eigenvalue weighted by molar-refractivity contribution is 0.0697. The molecule has 5 nitrogen and oxygen atoms in total. The van der Waals surface area contributed by atoms with Crippen LogP contribution in [-0.2, 0) is 13.0 Å². The van der Waals surface area contributed by atoms with Gasteiger partial charge in [-0.2, -0.15) is 5.26 Å². The van der Waals surface area contributed by atoms with E-state index >= 15 is 0 Å². The fourth-order valence-corrected chi connectivity index (χ4v) is 3.60. The van der Waals surface area contributed by atoms with Gasteiger partial charge in [0.05, 0.1) is 23.8 Å². The standard InChI is InChI=1S/C28H24ClNO4/c1-3-7-22-14-19(15-24(17-30)20-10-12-21(13-11-20)28(31)32)16-26(33-4-2)27(22)34-18-23-8-5-6-9-25(23)29/h3,5-6,8-16H,1,4,7,18H2,2H3,(H,31,32)/b24-15-. The summed E-state index contributed by atoms with van der Waals surface area (Å²) >= 11 is 6.28. The highest BCUT2D eigenvalue weighted by molar-refractivity contribution is 6.31. The van der Waals surface area contributed by atoms with Gasteiger partial charge in [0.25, 0.3) is 0 Å². The minimum atomic E-state index is -1.02. The van der Waals surface area contributed by atoms with E-state index in [0.717, 1.165) is 16.7 Å². The third-order valence-corrected chi connectivity index (χ3v) is 5.39. The van der Waals surface area contributed by atoms with E-state index in [4.69, 9.17) is 26.2 Å². The third-order valence-electron chi connectivity index (χ3n) is 5.02. The summed E-state index contributed by atoms with van der Waals surface area (Å²) in [4.78, 5) is 11.1. The van der Waals surface area contributed by atoms with Crippen molar-refractivity contribution < 1.29 is 19.4 Å². The van der Waals surface area contributed by atoms with Crippen LogP contribution in [0.4, 0.5) is 0 Å². The van der Waals surface area contributed by atoms with Crippen molar-refractivity contribution in [3.05, 3.63) is 106 Å². The molecule has 0 spiro atoms. The molecule has 0 bridgehead atoms. The summed E-state index contributed by atoms with van der Waals surface area (Å²) in [6.07, 6.45) is 4.05. The first-order valence-corrected chi connectivity index (χ1v) is 11.1. The molecule has 0 aromatic heterocycles. The lowest BCUT2D eigenvalue weighted by Gasteiger charge is -2.17. The van der Waals surface area contributed by atoms with Crippen LogP contribution >= 0.6 is 11.6 Å². The second-order valence-electron chi connectivity index (χ2n) is 7.37. The van der Waals surface area contributed by atoms with E-state index in [0.29, 0.717) is 40.7 Å². The van der Waals surface area contributed by atoms with Gasteiger partial charge in [-0.1, -0.05) is 48.0 Å². The van der Waals surface area contributed by atoms with E-state index in [-0.39, 0.29) is 12.2 Å². The molecule has 0 saturated carbocycles. The molecule has 0 unspecified atom stereocenters. The summed E-state index contributed by atoms with van der Waals surface area (Å²) in [5, 5.41) is 19.5. The topological polar surface area (TPSA) is 79.6 Å². The minimum absolute atomic E-state index is 0.160. The van der Waals surface area contributed by atoms with E-state index in [2.05, 4.69) is 12.6 Å². The number of carboxylic acid groups (broad SMARTS) is 1. The average molecular weight is 474 g/mol. The molecule has 0 amide bonds. The first-order chi connectivity index (χ1) is 16.5. The van der Waals surface area contributed by atoms with E-state index < -0.39 is 5.97 Å². The monoisotopic (exact) mass is 473 g/mol. The largest absolute Gasteiger partial charge is 0.490 e. The molecular weight excluding hydrogens is 450 g/mol. The number of ether oxygens (including phenoxy) is 2. The molecule has 0 aliphatic heterocycles. The summed E-state index contributed by atoms with van der Waals surface area (Å²) in [7, 11) is 0. The highest BCUT2D eigenvalue weighted by atomic mass is 35.5. The first kappa shape index (κ1) is 24.6. The van der Waals surface area contributed by atoms with Crippen LogP contribution < -0.4 is 9.47 Å². The normalized spacial score (nSPS) is 10.9. The zero-order valence-corrected chi connectivity index (χ0v) is 19.5. The Balaban J connectivity index is 2.00. The van der Waals surface area contributed by atoms with Gasteiger partial charge in [0.2, 0.25) is 0 Å². The maximum Gasteiger partial charge on any atom is 0.335 e. The Bertz CT molecular complexity index is 1260. The van der Waals surface area contributed by atoms with Crippen molar-refractivity contribution in [3.8, 4) is 17.6 Å². The lowest BCUT2D eigenvalue weighted by Crippen LogP contribution is -2.04. The maximum atomic E-state index is 11.1. The SMILES string of the molecule is C=CCc1cc(/C=C(/C#N)c2ccc(C(=O)O)cc2)cc(OCC)c1OCc1ccccc1Cl. The number of hydrogen-bond donors (Lipinski definition) is 1. The van der Waals surface area contributed by atoms with Gasteiger partial charge in [-0.25, -0.2) is 4.79 Å². The van der Waals surface area contributed by atoms with Crippen molar-refractivity contribution in [2.45, 2.75) is 20.0 Å². The zero-order valence-electron chi connectivity index (χ0n) is 18.8. The molecule has 172 valence electrons. The van der Waals surface area contributed by atoms with Crippen molar-refractivity contribution in [1.82, 2.24) is 0 Å². The zero-order chi connectivity index (χ0) is 24.5. The molecule has 0 saturated heterocycles. The van der Waals surface area contributed by atoms with Crippen molar-refractivity contribution in [2.75, 3.05) is 6.61 Å². The summed E-state index contributed by atoms with van der Waals surface area (Å²) in [6, 6.07) is 19.6. The summed E-state index contributed by atoms with van der Waals surface area (Å²) < 4.78 is 12.0.